The molecule has 0 spiro atoms. The first-order chi connectivity index (χ1) is 8.15. The lowest BCUT2D eigenvalue weighted by Gasteiger charge is -2.49. The Balaban J connectivity index is 2.62. The summed E-state index contributed by atoms with van der Waals surface area (Å²) in [6, 6.07) is 0.187. The number of rotatable bonds is 4. The van der Waals surface area contributed by atoms with Crippen LogP contribution >= 0.6 is 0 Å². The van der Waals surface area contributed by atoms with Crippen molar-refractivity contribution in [3.63, 3.8) is 0 Å². The number of esters is 1. The van der Waals surface area contributed by atoms with E-state index in [9.17, 15) is 4.79 Å². The maximum Gasteiger partial charge on any atom is 0.307 e. The summed E-state index contributed by atoms with van der Waals surface area (Å²) in [6.45, 7) is 14.4. The van der Waals surface area contributed by atoms with Gasteiger partial charge in [0.25, 0.3) is 0 Å². The molecule has 1 fully saturated rings. The van der Waals surface area contributed by atoms with E-state index in [-0.39, 0.29) is 23.2 Å². The number of hydrogen-bond acceptors (Lipinski definition) is 4. The highest BCUT2D eigenvalue weighted by molar-refractivity contribution is 5.70. The van der Waals surface area contributed by atoms with Gasteiger partial charge in [-0.25, -0.2) is 0 Å². The van der Waals surface area contributed by atoms with Crippen molar-refractivity contribution in [1.82, 2.24) is 4.90 Å². The molecule has 0 radical (unpaired) electrons. The molecule has 1 saturated heterocycles. The molecular weight excluding hydrogens is 230 g/mol. The minimum absolute atomic E-state index is 0.118. The second kappa shape index (κ2) is 5.57. The summed E-state index contributed by atoms with van der Waals surface area (Å²) in [4.78, 5) is 13.9. The Morgan fingerprint density at radius 2 is 1.78 bits per heavy atom. The Labute approximate surface area is 111 Å². The molecule has 1 aliphatic rings. The van der Waals surface area contributed by atoms with E-state index in [1.54, 1.807) is 0 Å². The van der Waals surface area contributed by atoms with Crippen molar-refractivity contribution in [1.29, 1.82) is 0 Å². The molecule has 1 atom stereocenters. The number of carbonyl (C=O) groups excluding carboxylic acids is 1. The quantitative estimate of drug-likeness (QED) is 0.724. The molecule has 0 N–H and O–H groups in total. The molecule has 1 aliphatic heterocycles. The van der Waals surface area contributed by atoms with Gasteiger partial charge in [-0.05, 0) is 41.5 Å². The van der Waals surface area contributed by atoms with E-state index in [4.69, 9.17) is 9.47 Å². The molecule has 1 rings (SSSR count). The lowest BCUT2D eigenvalue weighted by atomic mass is 9.97. The minimum Gasteiger partial charge on any atom is -0.466 e. The van der Waals surface area contributed by atoms with Crippen LogP contribution < -0.4 is 0 Å². The maximum atomic E-state index is 11.5. The van der Waals surface area contributed by atoms with Crippen molar-refractivity contribution < 1.29 is 14.3 Å². The smallest absolute Gasteiger partial charge is 0.307 e. The number of nitrogens with zero attached hydrogens (tertiary/aromatic N) is 1. The van der Waals surface area contributed by atoms with Crippen LogP contribution in [0.25, 0.3) is 0 Å². The molecule has 0 aromatic carbocycles. The molecular formula is C14H27NO3. The van der Waals surface area contributed by atoms with Gasteiger partial charge in [0, 0.05) is 19.1 Å². The van der Waals surface area contributed by atoms with Crippen molar-refractivity contribution in [3.8, 4) is 0 Å². The molecule has 0 amide bonds. The highest BCUT2D eigenvalue weighted by Crippen LogP contribution is 2.29. The van der Waals surface area contributed by atoms with E-state index in [0.29, 0.717) is 13.0 Å². The predicted molar refractivity (Wildman–Crippen MR) is 71.5 cm³/mol. The van der Waals surface area contributed by atoms with Crippen molar-refractivity contribution >= 4 is 5.97 Å². The Hall–Kier alpha value is -0.610. The van der Waals surface area contributed by atoms with E-state index in [2.05, 4.69) is 39.5 Å². The zero-order valence-corrected chi connectivity index (χ0v) is 12.6. The summed E-state index contributed by atoms with van der Waals surface area (Å²) in [6.07, 6.45) is 0.444. The minimum atomic E-state index is -0.176. The van der Waals surface area contributed by atoms with E-state index in [0.717, 1.165) is 13.1 Å². The van der Waals surface area contributed by atoms with Crippen molar-refractivity contribution in [2.75, 3.05) is 19.7 Å². The van der Waals surface area contributed by atoms with Crippen molar-refractivity contribution in [2.24, 2.45) is 0 Å². The summed E-state index contributed by atoms with van der Waals surface area (Å²) in [5.74, 6) is -0.118. The van der Waals surface area contributed by atoms with Crippen LogP contribution in [0.3, 0.4) is 0 Å². The summed E-state index contributed by atoms with van der Waals surface area (Å²) < 4.78 is 11.0. The van der Waals surface area contributed by atoms with Gasteiger partial charge in [-0.2, -0.15) is 0 Å². The summed E-state index contributed by atoms with van der Waals surface area (Å²) in [7, 11) is 0. The van der Waals surface area contributed by atoms with Crippen LogP contribution in [0.5, 0.6) is 0 Å². The standard InChI is InChI=1S/C14H27NO3/c1-7-17-12(16)8-11(2)15-9-13(3,4)18-14(5,6)10-15/h11H,7-10H2,1-6H3. The first-order valence-corrected chi connectivity index (χ1v) is 6.75. The summed E-state index contributed by atoms with van der Waals surface area (Å²) in [5, 5.41) is 0. The van der Waals surface area contributed by atoms with Gasteiger partial charge in [-0.1, -0.05) is 0 Å². The van der Waals surface area contributed by atoms with Crippen LogP contribution in [0.2, 0.25) is 0 Å². The molecule has 4 heteroatoms. The van der Waals surface area contributed by atoms with Gasteiger partial charge in [0.1, 0.15) is 0 Å². The van der Waals surface area contributed by atoms with Crippen LogP contribution in [0.15, 0.2) is 0 Å². The largest absolute Gasteiger partial charge is 0.466 e. The van der Waals surface area contributed by atoms with Crippen molar-refractivity contribution in [2.45, 2.75) is 65.2 Å². The molecule has 106 valence electrons. The number of hydrogen-bond donors (Lipinski definition) is 0. The Morgan fingerprint density at radius 1 is 1.28 bits per heavy atom. The third kappa shape index (κ3) is 4.58. The van der Waals surface area contributed by atoms with Gasteiger partial charge in [-0.3, -0.25) is 9.69 Å². The van der Waals surface area contributed by atoms with Crippen LogP contribution in [0.1, 0.15) is 48.0 Å². The van der Waals surface area contributed by atoms with E-state index >= 15 is 0 Å². The highest BCUT2D eigenvalue weighted by atomic mass is 16.5. The van der Waals surface area contributed by atoms with Crippen molar-refractivity contribution in [3.05, 3.63) is 0 Å². The highest BCUT2D eigenvalue weighted by Gasteiger charge is 2.39. The Kier molecular flexibility index (Phi) is 4.78. The van der Waals surface area contributed by atoms with Crippen LogP contribution in [0.4, 0.5) is 0 Å². The van der Waals surface area contributed by atoms with Gasteiger partial charge in [0.15, 0.2) is 0 Å². The summed E-state index contributed by atoms with van der Waals surface area (Å²) in [5.41, 5.74) is -0.352. The van der Waals surface area contributed by atoms with Gasteiger partial charge in [-0.15, -0.1) is 0 Å². The lowest BCUT2D eigenvalue weighted by Crippen LogP contribution is -2.59. The fourth-order valence-electron chi connectivity index (χ4n) is 2.75. The van der Waals surface area contributed by atoms with Crippen LogP contribution in [0, 0.1) is 0 Å². The van der Waals surface area contributed by atoms with Gasteiger partial charge >= 0.3 is 5.97 Å². The number of carbonyl (C=O) groups is 1. The van der Waals surface area contributed by atoms with Crippen LogP contribution in [-0.4, -0.2) is 47.8 Å². The average Bonchev–Trinajstić information content (AvgIpc) is 2.12. The molecule has 4 nitrogen and oxygen atoms in total. The molecule has 1 unspecified atom stereocenters. The van der Waals surface area contributed by atoms with Gasteiger partial charge in [0.05, 0.1) is 24.2 Å². The molecule has 0 aliphatic carbocycles. The van der Waals surface area contributed by atoms with E-state index < -0.39 is 0 Å². The Morgan fingerprint density at radius 3 is 2.22 bits per heavy atom. The molecule has 0 aromatic heterocycles. The first kappa shape index (κ1) is 15.4. The Bertz CT molecular complexity index is 283. The summed E-state index contributed by atoms with van der Waals surface area (Å²) >= 11 is 0. The fraction of sp³-hybridized carbons (Fsp3) is 0.929. The molecule has 0 aromatic rings. The molecule has 0 bridgehead atoms. The lowest BCUT2D eigenvalue weighted by molar-refractivity contribution is -0.188. The predicted octanol–water partition coefficient (Wildman–Crippen LogP) is 2.22. The van der Waals surface area contributed by atoms with E-state index in [1.807, 2.05) is 6.92 Å². The second-order valence-corrected chi connectivity index (χ2v) is 6.38. The SMILES string of the molecule is CCOC(=O)CC(C)N1CC(C)(C)OC(C)(C)C1. The zero-order valence-electron chi connectivity index (χ0n) is 12.6. The number of ether oxygens (including phenoxy) is 2. The third-order valence-corrected chi connectivity index (χ3v) is 3.11. The van der Waals surface area contributed by atoms with Crippen LogP contribution in [-0.2, 0) is 14.3 Å². The molecule has 1 heterocycles. The second-order valence-electron chi connectivity index (χ2n) is 6.38. The zero-order chi connectivity index (χ0) is 14.0. The normalized spacial score (nSPS) is 24.6. The first-order valence-electron chi connectivity index (χ1n) is 6.75. The number of morpholine rings is 1. The van der Waals surface area contributed by atoms with Gasteiger partial charge < -0.3 is 9.47 Å². The topological polar surface area (TPSA) is 38.8 Å². The average molecular weight is 257 g/mol. The van der Waals surface area contributed by atoms with Gasteiger partial charge in [0.2, 0.25) is 0 Å². The monoisotopic (exact) mass is 257 g/mol. The fourth-order valence-corrected chi connectivity index (χ4v) is 2.75. The van der Waals surface area contributed by atoms with E-state index in [1.165, 1.54) is 0 Å². The third-order valence-electron chi connectivity index (χ3n) is 3.11. The molecule has 0 saturated carbocycles. The molecule has 18 heavy (non-hydrogen) atoms. The maximum absolute atomic E-state index is 11.5.